The minimum absolute atomic E-state index is 0.261. The van der Waals surface area contributed by atoms with Gasteiger partial charge in [0.15, 0.2) is 0 Å². The maximum atomic E-state index is 10.5. The van der Waals surface area contributed by atoms with Crippen LogP contribution in [0, 0.1) is 0 Å². The second-order valence-electron chi connectivity index (χ2n) is 4.84. The monoisotopic (exact) mass is 233 g/mol. The van der Waals surface area contributed by atoms with E-state index in [2.05, 4.69) is 30.1 Å². The number of likely N-dealkylation sites (N-methyl/N-ethyl adjacent to an activating group) is 1. The first-order valence-corrected chi connectivity index (χ1v) is 6.16. The molecule has 1 aromatic carbocycles. The summed E-state index contributed by atoms with van der Waals surface area (Å²) in [6.45, 7) is 2.15. The van der Waals surface area contributed by atoms with Crippen LogP contribution in [0.15, 0.2) is 18.2 Å². The number of carbonyl (C=O) groups is 1. The molecule has 0 amide bonds. The first-order chi connectivity index (χ1) is 8.15. The smallest absolute Gasteiger partial charge is 0.303 e. The molecule has 0 fully saturated rings. The van der Waals surface area contributed by atoms with Crippen molar-refractivity contribution >= 4 is 5.97 Å². The molecule has 1 aliphatic heterocycles. The number of carboxylic acids is 1. The van der Waals surface area contributed by atoms with Gasteiger partial charge in [0.25, 0.3) is 0 Å². The maximum absolute atomic E-state index is 10.5. The molecule has 0 saturated carbocycles. The Kier molecular flexibility index (Phi) is 3.79. The van der Waals surface area contributed by atoms with Gasteiger partial charge in [-0.05, 0) is 43.0 Å². The predicted molar refractivity (Wildman–Crippen MR) is 67.1 cm³/mol. The Bertz CT molecular complexity index is 415. The molecule has 1 N–H and O–H groups in total. The molecule has 0 bridgehead atoms. The number of nitrogens with zero attached hydrogens (tertiary/aromatic N) is 1. The molecule has 1 heterocycles. The summed E-state index contributed by atoms with van der Waals surface area (Å²) >= 11 is 0. The summed E-state index contributed by atoms with van der Waals surface area (Å²) in [6.07, 6.45) is 2.98. The summed E-state index contributed by atoms with van der Waals surface area (Å²) in [4.78, 5) is 12.8. The minimum atomic E-state index is -0.706. The number of carboxylic acid groups (broad SMARTS) is 1. The van der Waals surface area contributed by atoms with Crippen molar-refractivity contribution in [3.05, 3.63) is 34.9 Å². The highest BCUT2D eigenvalue weighted by molar-refractivity contribution is 5.66. The number of hydrogen-bond donors (Lipinski definition) is 1. The lowest BCUT2D eigenvalue weighted by Gasteiger charge is -2.25. The molecule has 0 aromatic heterocycles. The zero-order valence-corrected chi connectivity index (χ0v) is 10.3. The average Bonchev–Trinajstić information content (AvgIpc) is 2.28. The van der Waals surface area contributed by atoms with Crippen LogP contribution in [0.1, 0.15) is 29.5 Å². The fourth-order valence-corrected chi connectivity index (χ4v) is 2.35. The Morgan fingerprint density at radius 1 is 1.41 bits per heavy atom. The van der Waals surface area contributed by atoms with Gasteiger partial charge in [-0.15, -0.1) is 0 Å². The zero-order chi connectivity index (χ0) is 12.3. The van der Waals surface area contributed by atoms with Crippen molar-refractivity contribution < 1.29 is 9.90 Å². The third-order valence-corrected chi connectivity index (χ3v) is 3.33. The van der Waals surface area contributed by atoms with Crippen molar-refractivity contribution in [1.82, 2.24) is 4.90 Å². The molecule has 92 valence electrons. The maximum Gasteiger partial charge on any atom is 0.303 e. The summed E-state index contributed by atoms with van der Waals surface area (Å²) in [7, 11) is 2.14. The van der Waals surface area contributed by atoms with Crippen molar-refractivity contribution in [3.63, 3.8) is 0 Å². The second kappa shape index (κ2) is 5.32. The summed E-state index contributed by atoms with van der Waals surface area (Å²) in [5.74, 6) is -0.706. The van der Waals surface area contributed by atoms with Crippen LogP contribution in [0.2, 0.25) is 0 Å². The molecule has 0 saturated heterocycles. The molecule has 2 rings (SSSR count). The van der Waals surface area contributed by atoms with Gasteiger partial charge in [0.05, 0.1) is 0 Å². The van der Waals surface area contributed by atoms with Crippen molar-refractivity contribution in [1.29, 1.82) is 0 Å². The van der Waals surface area contributed by atoms with Gasteiger partial charge in [-0.25, -0.2) is 0 Å². The van der Waals surface area contributed by atoms with E-state index in [1.54, 1.807) is 0 Å². The average molecular weight is 233 g/mol. The second-order valence-corrected chi connectivity index (χ2v) is 4.84. The predicted octanol–water partition coefficient (Wildman–Crippen LogP) is 2.08. The molecule has 0 aliphatic carbocycles. The first kappa shape index (κ1) is 12.1. The highest BCUT2D eigenvalue weighted by Gasteiger charge is 2.13. The van der Waals surface area contributed by atoms with E-state index in [4.69, 9.17) is 5.11 Å². The summed E-state index contributed by atoms with van der Waals surface area (Å²) in [6, 6.07) is 6.59. The highest BCUT2D eigenvalue weighted by atomic mass is 16.4. The summed E-state index contributed by atoms with van der Waals surface area (Å²) in [5, 5.41) is 8.61. The highest BCUT2D eigenvalue weighted by Crippen LogP contribution is 2.20. The molecular weight excluding hydrogens is 214 g/mol. The zero-order valence-electron chi connectivity index (χ0n) is 10.3. The normalized spacial score (nSPS) is 15.6. The summed E-state index contributed by atoms with van der Waals surface area (Å²) < 4.78 is 0. The van der Waals surface area contributed by atoms with E-state index >= 15 is 0 Å². The Morgan fingerprint density at radius 3 is 3.00 bits per heavy atom. The quantitative estimate of drug-likeness (QED) is 0.865. The van der Waals surface area contributed by atoms with Gasteiger partial charge >= 0.3 is 5.97 Å². The molecule has 3 nitrogen and oxygen atoms in total. The van der Waals surface area contributed by atoms with Gasteiger partial charge in [-0.3, -0.25) is 4.79 Å². The van der Waals surface area contributed by atoms with Crippen molar-refractivity contribution in [2.75, 3.05) is 13.6 Å². The molecule has 0 spiro atoms. The Hall–Kier alpha value is -1.35. The number of rotatable bonds is 4. The van der Waals surface area contributed by atoms with Crippen LogP contribution >= 0.6 is 0 Å². The molecule has 0 atom stereocenters. The molecule has 1 aromatic rings. The molecule has 3 heteroatoms. The van der Waals surface area contributed by atoms with E-state index in [1.807, 2.05) is 0 Å². The molecular formula is C14H19NO2. The molecule has 1 aliphatic rings. The van der Waals surface area contributed by atoms with Gasteiger partial charge in [-0.2, -0.15) is 0 Å². The van der Waals surface area contributed by atoms with Gasteiger partial charge in [0.2, 0.25) is 0 Å². The number of hydrogen-bond acceptors (Lipinski definition) is 2. The van der Waals surface area contributed by atoms with Gasteiger partial charge < -0.3 is 10.0 Å². The van der Waals surface area contributed by atoms with Crippen molar-refractivity contribution in [3.8, 4) is 0 Å². The van der Waals surface area contributed by atoms with Gasteiger partial charge in [0, 0.05) is 19.5 Å². The number of aliphatic carboxylic acids is 1. The Morgan fingerprint density at radius 2 is 2.24 bits per heavy atom. The number of fused-ring (bicyclic) bond motifs is 1. The lowest BCUT2D eigenvalue weighted by atomic mass is 9.96. The van der Waals surface area contributed by atoms with Crippen molar-refractivity contribution in [2.24, 2.45) is 0 Å². The fourth-order valence-electron chi connectivity index (χ4n) is 2.35. The molecule has 0 unspecified atom stereocenters. The third kappa shape index (κ3) is 3.30. The topological polar surface area (TPSA) is 40.5 Å². The standard InChI is InChI=1S/C14H19NO2/c1-15-8-7-12-6-5-11(9-13(12)10-15)3-2-4-14(16)17/h5-6,9H,2-4,7-8,10H2,1H3,(H,16,17). The van der Waals surface area contributed by atoms with E-state index in [0.717, 1.165) is 32.4 Å². The van der Waals surface area contributed by atoms with Gasteiger partial charge in [-0.1, -0.05) is 18.2 Å². The molecule has 0 radical (unpaired) electrons. The SMILES string of the molecule is CN1CCc2ccc(CCCC(=O)O)cc2C1. The van der Waals surface area contributed by atoms with Crippen LogP contribution in [0.3, 0.4) is 0 Å². The van der Waals surface area contributed by atoms with E-state index < -0.39 is 5.97 Å². The van der Waals surface area contributed by atoms with Crippen LogP contribution in [-0.2, 0) is 24.2 Å². The van der Waals surface area contributed by atoms with Crippen molar-refractivity contribution in [2.45, 2.75) is 32.2 Å². The number of aryl methyl sites for hydroxylation is 1. The third-order valence-electron chi connectivity index (χ3n) is 3.33. The van der Waals surface area contributed by atoms with Crippen LogP contribution in [0.25, 0.3) is 0 Å². The Labute approximate surface area is 102 Å². The largest absolute Gasteiger partial charge is 0.481 e. The fraction of sp³-hybridized carbons (Fsp3) is 0.500. The lowest BCUT2D eigenvalue weighted by molar-refractivity contribution is -0.137. The molecule has 17 heavy (non-hydrogen) atoms. The van der Waals surface area contributed by atoms with Crippen LogP contribution < -0.4 is 0 Å². The van der Waals surface area contributed by atoms with Crippen LogP contribution in [0.5, 0.6) is 0 Å². The van der Waals surface area contributed by atoms with Gasteiger partial charge in [0.1, 0.15) is 0 Å². The first-order valence-electron chi connectivity index (χ1n) is 6.16. The van der Waals surface area contributed by atoms with E-state index in [1.165, 1.54) is 16.7 Å². The van der Waals surface area contributed by atoms with Crippen LogP contribution in [0.4, 0.5) is 0 Å². The Balaban J connectivity index is 2.00. The van der Waals surface area contributed by atoms with Crippen LogP contribution in [-0.4, -0.2) is 29.6 Å². The summed E-state index contributed by atoms with van der Waals surface area (Å²) in [5.41, 5.74) is 4.12. The lowest BCUT2D eigenvalue weighted by Crippen LogP contribution is -2.26. The minimum Gasteiger partial charge on any atom is -0.481 e. The van der Waals surface area contributed by atoms with E-state index in [9.17, 15) is 4.79 Å². The number of benzene rings is 1. The van der Waals surface area contributed by atoms with E-state index in [0.29, 0.717) is 0 Å². The van der Waals surface area contributed by atoms with E-state index in [-0.39, 0.29) is 6.42 Å².